The van der Waals surface area contributed by atoms with Gasteiger partial charge in [0.2, 0.25) is 0 Å². The molecule has 3 heteroatoms. The number of aliphatic hydroxyl groups excluding tert-OH is 1. The first-order chi connectivity index (χ1) is 8.67. The van der Waals surface area contributed by atoms with Gasteiger partial charge < -0.3 is 10.4 Å². The molecule has 1 aliphatic carbocycles. The first kappa shape index (κ1) is 15.9. The summed E-state index contributed by atoms with van der Waals surface area (Å²) in [6, 6.07) is 0.999. The summed E-state index contributed by atoms with van der Waals surface area (Å²) in [7, 11) is 0. The van der Waals surface area contributed by atoms with E-state index in [0.29, 0.717) is 0 Å². The Hall–Kier alpha value is -0.120. The lowest BCUT2D eigenvalue weighted by Gasteiger charge is -2.32. The Morgan fingerprint density at radius 2 is 1.94 bits per heavy atom. The summed E-state index contributed by atoms with van der Waals surface area (Å²) in [5.41, 5.74) is 0. The molecule has 0 heterocycles. The minimum Gasteiger partial charge on any atom is -0.395 e. The topological polar surface area (TPSA) is 35.5 Å². The van der Waals surface area contributed by atoms with E-state index < -0.39 is 0 Å². The minimum atomic E-state index is 0.239. The van der Waals surface area contributed by atoms with Crippen LogP contribution in [-0.2, 0) is 0 Å². The van der Waals surface area contributed by atoms with Crippen molar-refractivity contribution < 1.29 is 5.11 Å². The van der Waals surface area contributed by atoms with E-state index in [0.717, 1.165) is 25.0 Å². The molecule has 1 fully saturated rings. The van der Waals surface area contributed by atoms with Gasteiger partial charge in [0.25, 0.3) is 0 Å². The Balaban J connectivity index is 2.46. The number of aliphatic hydroxyl groups is 1. The number of hydrogen-bond donors (Lipinski definition) is 2. The van der Waals surface area contributed by atoms with Crippen LogP contribution in [0.3, 0.4) is 0 Å². The molecule has 0 bridgehead atoms. The number of nitrogens with one attached hydrogen (secondary N) is 1. The molecule has 0 saturated heterocycles. The zero-order valence-corrected chi connectivity index (χ0v) is 12.5. The SMILES string of the molecule is CCNC(CO)CN(CCC(C)C)C1CCCC1. The van der Waals surface area contributed by atoms with E-state index in [9.17, 15) is 5.11 Å². The first-order valence-electron chi connectivity index (χ1n) is 7.75. The normalized spacial score (nSPS) is 19.0. The van der Waals surface area contributed by atoms with Crippen molar-refractivity contribution in [3.8, 4) is 0 Å². The lowest BCUT2D eigenvalue weighted by molar-refractivity contribution is 0.140. The maximum Gasteiger partial charge on any atom is 0.0597 e. The second kappa shape index (κ2) is 8.89. The number of nitrogens with zero attached hydrogens (tertiary/aromatic N) is 1. The van der Waals surface area contributed by atoms with Gasteiger partial charge in [-0.15, -0.1) is 0 Å². The molecule has 0 radical (unpaired) electrons. The second-order valence-corrected chi connectivity index (χ2v) is 6.05. The fourth-order valence-corrected chi connectivity index (χ4v) is 2.87. The van der Waals surface area contributed by atoms with E-state index in [4.69, 9.17) is 0 Å². The molecule has 0 aromatic carbocycles. The lowest BCUT2D eigenvalue weighted by atomic mass is 10.1. The monoisotopic (exact) mass is 256 g/mol. The van der Waals surface area contributed by atoms with Gasteiger partial charge in [-0.2, -0.15) is 0 Å². The molecule has 1 rings (SSSR count). The largest absolute Gasteiger partial charge is 0.395 e. The van der Waals surface area contributed by atoms with Crippen LogP contribution in [0.5, 0.6) is 0 Å². The van der Waals surface area contributed by atoms with E-state index >= 15 is 0 Å². The summed E-state index contributed by atoms with van der Waals surface area (Å²) < 4.78 is 0. The van der Waals surface area contributed by atoms with Crippen LogP contribution in [0.25, 0.3) is 0 Å². The van der Waals surface area contributed by atoms with Gasteiger partial charge in [-0.3, -0.25) is 4.90 Å². The van der Waals surface area contributed by atoms with Gasteiger partial charge in [-0.05, 0) is 38.3 Å². The Bertz CT molecular complexity index is 203. The fourth-order valence-electron chi connectivity index (χ4n) is 2.87. The van der Waals surface area contributed by atoms with E-state index in [2.05, 4.69) is 31.0 Å². The summed E-state index contributed by atoms with van der Waals surface area (Å²) >= 11 is 0. The van der Waals surface area contributed by atoms with Crippen molar-refractivity contribution in [2.75, 3.05) is 26.2 Å². The fraction of sp³-hybridized carbons (Fsp3) is 1.00. The van der Waals surface area contributed by atoms with Gasteiger partial charge in [0, 0.05) is 18.6 Å². The third-order valence-corrected chi connectivity index (χ3v) is 4.00. The molecule has 0 spiro atoms. The summed E-state index contributed by atoms with van der Waals surface area (Å²) in [6.45, 7) is 10.1. The van der Waals surface area contributed by atoms with Gasteiger partial charge in [-0.25, -0.2) is 0 Å². The van der Waals surface area contributed by atoms with Crippen molar-refractivity contribution in [1.82, 2.24) is 10.2 Å². The van der Waals surface area contributed by atoms with Crippen LogP contribution in [0.15, 0.2) is 0 Å². The zero-order chi connectivity index (χ0) is 13.4. The summed E-state index contributed by atoms with van der Waals surface area (Å²) in [6.07, 6.45) is 6.73. The number of rotatable bonds is 9. The quantitative estimate of drug-likeness (QED) is 0.664. The van der Waals surface area contributed by atoms with Gasteiger partial charge >= 0.3 is 0 Å². The van der Waals surface area contributed by atoms with E-state index in [1.54, 1.807) is 0 Å². The maximum atomic E-state index is 9.44. The molecule has 1 saturated carbocycles. The highest BCUT2D eigenvalue weighted by molar-refractivity contribution is 4.81. The second-order valence-electron chi connectivity index (χ2n) is 6.05. The van der Waals surface area contributed by atoms with Crippen LogP contribution in [0.4, 0.5) is 0 Å². The molecular formula is C15H32N2O. The molecule has 1 atom stereocenters. The molecule has 1 unspecified atom stereocenters. The van der Waals surface area contributed by atoms with Crippen molar-refractivity contribution >= 4 is 0 Å². The summed E-state index contributed by atoms with van der Waals surface area (Å²) in [4.78, 5) is 2.62. The molecular weight excluding hydrogens is 224 g/mol. The van der Waals surface area contributed by atoms with Crippen LogP contribution in [0.2, 0.25) is 0 Å². The average Bonchev–Trinajstić information content (AvgIpc) is 2.86. The Morgan fingerprint density at radius 1 is 1.28 bits per heavy atom. The minimum absolute atomic E-state index is 0.239. The Labute approximate surface area is 113 Å². The first-order valence-corrected chi connectivity index (χ1v) is 7.75. The predicted octanol–water partition coefficient (Wildman–Crippen LogP) is 2.25. The molecule has 18 heavy (non-hydrogen) atoms. The van der Waals surface area contributed by atoms with Gasteiger partial charge in [0.1, 0.15) is 0 Å². The van der Waals surface area contributed by atoms with Crippen LogP contribution in [0.1, 0.15) is 52.9 Å². The standard InChI is InChI=1S/C15H32N2O/c1-4-16-14(12-18)11-17(10-9-13(2)3)15-7-5-6-8-15/h13-16,18H,4-12H2,1-3H3. The van der Waals surface area contributed by atoms with Crippen LogP contribution in [-0.4, -0.2) is 48.3 Å². The number of likely N-dealkylation sites (N-methyl/N-ethyl adjacent to an activating group) is 1. The molecule has 0 aromatic rings. The lowest BCUT2D eigenvalue weighted by Crippen LogP contribution is -2.47. The third-order valence-electron chi connectivity index (χ3n) is 4.00. The Morgan fingerprint density at radius 3 is 2.44 bits per heavy atom. The molecule has 2 N–H and O–H groups in total. The van der Waals surface area contributed by atoms with Crippen LogP contribution >= 0.6 is 0 Å². The van der Waals surface area contributed by atoms with Crippen molar-refractivity contribution in [3.63, 3.8) is 0 Å². The van der Waals surface area contributed by atoms with Gasteiger partial charge in [0.05, 0.1) is 6.61 Å². The summed E-state index contributed by atoms with van der Waals surface area (Å²) in [5, 5.41) is 12.8. The van der Waals surface area contributed by atoms with E-state index in [-0.39, 0.29) is 12.6 Å². The molecule has 1 aliphatic rings. The maximum absolute atomic E-state index is 9.44. The molecule has 108 valence electrons. The highest BCUT2D eigenvalue weighted by Gasteiger charge is 2.24. The van der Waals surface area contributed by atoms with Gasteiger partial charge in [-0.1, -0.05) is 33.6 Å². The molecule has 3 nitrogen and oxygen atoms in total. The van der Waals surface area contributed by atoms with Crippen molar-refractivity contribution in [2.24, 2.45) is 5.92 Å². The van der Waals surface area contributed by atoms with Crippen LogP contribution in [0, 0.1) is 5.92 Å². The molecule has 0 aromatic heterocycles. The predicted molar refractivity (Wildman–Crippen MR) is 77.8 cm³/mol. The molecule has 0 amide bonds. The highest BCUT2D eigenvalue weighted by atomic mass is 16.3. The number of hydrogen-bond acceptors (Lipinski definition) is 3. The zero-order valence-electron chi connectivity index (χ0n) is 12.5. The van der Waals surface area contributed by atoms with Crippen molar-refractivity contribution in [2.45, 2.75) is 65.0 Å². The van der Waals surface area contributed by atoms with Crippen LogP contribution < -0.4 is 5.32 Å². The van der Waals surface area contributed by atoms with Gasteiger partial charge in [0.15, 0.2) is 0 Å². The average molecular weight is 256 g/mol. The third kappa shape index (κ3) is 5.68. The highest BCUT2D eigenvalue weighted by Crippen LogP contribution is 2.24. The Kier molecular flexibility index (Phi) is 7.87. The smallest absolute Gasteiger partial charge is 0.0597 e. The van der Waals surface area contributed by atoms with E-state index in [1.165, 1.54) is 38.6 Å². The summed E-state index contributed by atoms with van der Waals surface area (Å²) in [5.74, 6) is 0.764. The van der Waals surface area contributed by atoms with E-state index in [1.807, 2.05) is 0 Å². The molecule has 0 aliphatic heterocycles. The van der Waals surface area contributed by atoms with Crippen molar-refractivity contribution in [3.05, 3.63) is 0 Å². The van der Waals surface area contributed by atoms with Crippen molar-refractivity contribution in [1.29, 1.82) is 0 Å².